The van der Waals surface area contributed by atoms with E-state index in [-0.39, 0.29) is 41.2 Å². The number of hydrogen-bond donors (Lipinski definition) is 2. The highest BCUT2D eigenvalue weighted by Crippen LogP contribution is 2.30. The molecular weight excluding hydrogens is 476 g/mol. The van der Waals surface area contributed by atoms with E-state index in [1.807, 2.05) is 6.92 Å². The third-order valence-electron chi connectivity index (χ3n) is 5.79. The minimum absolute atomic E-state index is 0.0642. The highest BCUT2D eigenvalue weighted by Gasteiger charge is 2.37. The maximum atomic E-state index is 14.3. The van der Waals surface area contributed by atoms with Gasteiger partial charge in [-0.05, 0) is 35.0 Å². The first-order valence-corrected chi connectivity index (χ1v) is 10.7. The van der Waals surface area contributed by atoms with E-state index in [0.29, 0.717) is 30.8 Å². The molecule has 0 bridgehead atoms. The van der Waals surface area contributed by atoms with Crippen molar-refractivity contribution >= 4 is 33.6 Å². The fourth-order valence-corrected chi connectivity index (χ4v) is 4.46. The third-order valence-corrected chi connectivity index (χ3v) is 6.52. The van der Waals surface area contributed by atoms with Gasteiger partial charge in [0.25, 0.3) is 5.91 Å². The van der Waals surface area contributed by atoms with Gasteiger partial charge >= 0.3 is 6.03 Å². The first kappa shape index (κ1) is 21.7. The number of aliphatic hydroxyl groups excluding tert-OH is 1. The van der Waals surface area contributed by atoms with Crippen molar-refractivity contribution in [3.05, 3.63) is 45.2 Å². The topological polar surface area (TPSA) is 90.7 Å². The molecule has 2 aromatic rings. The average Bonchev–Trinajstić information content (AvgIpc) is 3.02. The molecule has 2 atom stereocenters. The average molecular weight is 498 g/mol. The van der Waals surface area contributed by atoms with Gasteiger partial charge in [0.15, 0.2) is 5.82 Å². The number of urea groups is 1. The fraction of sp³-hybridized carbons (Fsp3) is 0.450. The number of carbonyl (C=O) groups is 2. The lowest BCUT2D eigenvalue weighted by Gasteiger charge is -2.33. The molecule has 0 fully saturated rings. The number of amides is 3. The van der Waals surface area contributed by atoms with Crippen LogP contribution < -0.4 is 5.32 Å². The predicted octanol–water partition coefficient (Wildman–Crippen LogP) is 2.60. The molecule has 0 spiro atoms. The fourth-order valence-electron chi connectivity index (χ4n) is 4.12. The van der Waals surface area contributed by atoms with E-state index in [9.17, 15) is 23.5 Å². The van der Waals surface area contributed by atoms with E-state index in [2.05, 4.69) is 26.3 Å². The van der Waals surface area contributed by atoms with Crippen LogP contribution in [0.25, 0.3) is 0 Å². The molecule has 2 N–H and O–H groups in total. The van der Waals surface area contributed by atoms with E-state index in [1.165, 1.54) is 4.90 Å². The molecule has 11 heteroatoms. The monoisotopic (exact) mass is 497 g/mol. The summed E-state index contributed by atoms with van der Waals surface area (Å²) in [6.07, 6.45) is 0.430. The van der Waals surface area contributed by atoms with Crippen molar-refractivity contribution < 1.29 is 23.5 Å². The molecule has 8 nitrogen and oxygen atoms in total. The van der Waals surface area contributed by atoms with Gasteiger partial charge in [0, 0.05) is 50.7 Å². The number of hydrogen-bond acceptors (Lipinski definition) is 4. The normalized spacial score (nSPS) is 20.9. The predicted molar refractivity (Wildman–Crippen MR) is 112 cm³/mol. The molecule has 3 heterocycles. The van der Waals surface area contributed by atoms with Crippen molar-refractivity contribution in [1.82, 2.24) is 19.6 Å². The Hall–Kier alpha value is -2.53. The van der Waals surface area contributed by atoms with Crippen LogP contribution in [0.5, 0.6) is 0 Å². The summed E-state index contributed by atoms with van der Waals surface area (Å²) in [5, 5.41) is 16.7. The Bertz CT molecular complexity index is 1060. The third kappa shape index (κ3) is 3.80. The van der Waals surface area contributed by atoms with Crippen LogP contribution in [0.3, 0.4) is 0 Å². The van der Waals surface area contributed by atoms with E-state index < -0.39 is 17.7 Å². The quantitative estimate of drug-likeness (QED) is 0.624. The smallest absolute Gasteiger partial charge is 0.322 e. The van der Waals surface area contributed by atoms with Gasteiger partial charge in [-0.2, -0.15) is 5.10 Å². The molecule has 31 heavy (non-hydrogen) atoms. The SMILES string of the molecule is CC1Cc2nn3c(c2CN1C(=O)Nc1ccc(F)c(Br)c1F)C(=O)N(C)CC(CO)C3. The van der Waals surface area contributed by atoms with Gasteiger partial charge in [0.05, 0.1) is 22.4 Å². The molecule has 0 saturated carbocycles. The molecule has 2 aliphatic rings. The van der Waals surface area contributed by atoms with E-state index in [1.54, 1.807) is 16.6 Å². The van der Waals surface area contributed by atoms with Crippen molar-refractivity contribution in [2.24, 2.45) is 5.92 Å². The molecule has 0 radical (unpaired) electrons. The molecular formula is C20H22BrF2N5O3. The summed E-state index contributed by atoms with van der Waals surface area (Å²) in [6.45, 7) is 2.72. The number of rotatable bonds is 2. The Labute approximate surface area is 185 Å². The Balaban J connectivity index is 1.63. The number of benzene rings is 1. The summed E-state index contributed by atoms with van der Waals surface area (Å²) in [5.74, 6) is -2.01. The zero-order chi connectivity index (χ0) is 22.4. The lowest BCUT2D eigenvalue weighted by Crippen LogP contribution is -2.45. The van der Waals surface area contributed by atoms with Crippen molar-refractivity contribution in [3.63, 3.8) is 0 Å². The number of nitrogens with one attached hydrogen (secondary N) is 1. The van der Waals surface area contributed by atoms with Crippen LogP contribution in [0.4, 0.5) is 19.3 Å². The van der Waals surface area contributed by atoms with Crippen LogP contribution in [0.2, 0.25) is 0 Å². The zero-order valence-corrected chi connectivity index (χ0v) is 18.6. The van der Waals surface area contributed by atoms with Crippen LogP contribution in [-0.4, -0.2) is 62.9 Å². The van der Waals surface area contributed by atoms with Crippen molar-refractivity contribution in [2.75, 3.05) is 25.5 Å². The summed E-state index contributed by atoms with van der Waals surface area (Å²) < 4.78 is 29.1. The van der Waals surface area contributed by atoms with Crippen molar-refractivity contribution in [3.8, 4) is 0 Å². The second kappa shape index (κ2) is 8.19. The van der Waals surface area contributed by atoms with Crippen LogP contribution in [0.1, 0.15) is 28.7 Å². The summed E-state index contributed by atoms with van der Waals surface area (Å²) in [7, 11) is 1.67. The molecule has 1 aromatic carbocycles. The Morgan fingerprint density at radius 1 is 1.35 bits per heavy atom. The second-order valence-corrected chi connectivity index (χ2v) is 8.82. The second-order valence-electron chi connectivity index (χ2n) is 8.02. The number of halogens is 3. The van der Waals surface area contributed by atoms with E-state index in [4.69, 9.17) is 0 Å². The van der Waals surface area contributed by atoms with Crippen LogP contribution in [0.15, 0.2) is 16.6 Å². The largest absolute Gasteiger partial charge is 0.396 e. The minimum Gasteiger partial charge on any atom is -0.396 e. The molecule has 2 unspecified atom stereocenters. The van der Waals surface area contributed by atoms with Gasteiger partial charge in [-0.1, -0.05) is 0 Å². The summed E-state index contributed by atoms with van der Waals surface area (Å²) >= 11 is 2.83. The first-order chi connectivity index (χ1) is 14.7. The highest BCUT2D eigenvalue weighted by molar-refractivity contribution is 9.10. The minimum atomic E-state index is -0.898. The van der Waals surface area contributed by atoms with Crippen LogP contribution in [-0.2, 0) is 19.5 Å². The van der Waals surface area contributed by atoms with E-state index in [0.717, 1.165) is 17.8 Å². The van der Waals surface area contributed by atoms with Crippen LogP contribution >= 0.6 is 15.9 Å². The van der Waals surface area contributed by atoms with Gasteiger partial charge in [0.2, 0.25) is 0 Å². The zero-order valence-electron chi connectivity index (χ0n) is 17.0. The summed E-state index contributed by atoms with van der Waals surface area (Å²) in [6, 6.07) is 1.41. The number of anilines is 1. The van der Waals surface area contributed by atoms with E-state index >= 15 is 0 Å². The van der Waals surface area contributed by atoms with Gasteiger partial charge in [-0.25, -0.2) is 13.6 Å². The Kier molecular flexibility index (Phi) is 5.73. The standard InChI is InChI=1S/C20H22BrF2N5O3/c1-10-5-15-12(18-19(30)26(2)6-11(9-29)7-28(18)25-15)8-27(10)20(31)24-14-4-3-13(22)16(21)17(14)23/h3-4,10-11,29H,5-9H2,1-2H3,(H,24,31). The molecule has 2 aliphatic heterocycles. The molecule has 0 aliphatic carbocycles. The van der Waals surface area contributed by atoms with Gasteiger partial charge in [-0.3, -0.25) is 9.48 Å². The molecule has 4 rings (SSSR count). The van der Waals surface area contributed by atoms with Gasteiger partial charge < -0.3 is 20.2 Å². The Morgan fingerprint density at radius 2 is 2.10 bits per heavy atom. The molecule has 1 aromatic heterocycles. The molecule has 0 saturated heterocycles. The van der Waals surface area contributed by atoms with Crippen LogP contribution in [0, 0.1) is 17.6 Å². The number of aliphatic hydroxyl groups is 1. The van der Waals surface area contributed by atoms with Gasteiger partial charge in [-0.15, -0.1) is 0 Å². The lowest BCUT2D eigenvalue weighted by atomic mass is 9.99. The summed E-state index contributed by atoms with van der Waals surface area (Å²) in [4.78, 5) is 28.9. The highest BCUT2D eigenvalue weighted by atomic mass is 79.9. The van der Waals surface area contributed by atoms with Crippen molar-refractivity contribution in [2.45, 2.75) is 32.5 Å². The first-order valence-electron chi connectivity index (χ1n) is 9.87. The van der Waals surface area contributed by atoms with Crippen molar-refractivity contribution in [1.29, 1.82) is 0 Å². The molecule has 3 amide bonds. The Morgan fingerprint density at radius 3 is 2.81 bits per heavy atom. The number of fused-ring (bicyclic) bond motifs is 3. The molecule has 166 valence electrons. The number of nitrogens with zero attached hydrogens (tertiary/aromatic N) is 4. The summed E-state index contributed by atoms with van der Waals surface area (Å²) in [5.41, 5.74) is 1.66. The van der Waals surface area contributed by atoms with Gasteiger partial charge in [0.1, 0.15) is 11.5 Å². The number of aromatic nitrogens is 2. The number of carbonyl (C=O) groups excluding carboxylic acids is 2. The lowest BCUT2D eigenvalue weighted by molar-refractivity contribution is 0.0761. The maximum absolute atomic E-state index is 14.3. The maximum Gasteiger partial charge on any atom is 0.322 e.